The number of aryl methyl sites for hydroxylation is 2. The van der Waals surface area contributed by atoms with Gasteiger partial charge in [0.15, 0.2) is 0 Å². The average molecular weight is 275 g/mol. The molecule has 0 radical (unpaired) electrons. The molecule has 1 aromatic carbocycles. The van der Waals surface area contributed by atoms with E-state index in [1.54, 1.807) is 24.7 Å². The molecule has 1 unspecified atom stereocenters. The molecule has 0 amide bonds. The third-order valence-corrected chi connectivity index (χ3v) is 3.42. The summed E-state index contributed by atoms with van der Waals surface area (Å²) in [6.45, 7) is 1.81. The Balaban J connectivity index is 1.97. The maximum Gasteiger partial charge on any atom is 0.138 e. The van der Waals surface area contributed by atoms with E-state index in [9.17, 15) is 9.50 Å². The number of benzene rings is 1. The first-order chi connectivity index (χ1) is 9.56. The molecule has 0 aliphatic heterocycles. The number of fused-ring (bicyclic) bond motifs is 1. The SMILES string of the molecule is Cc1c(C(O)Cc2ncnn2C)oc2ccc(F)cc12. The fourth-order valence-electron chi connectivity index (χ4n) is 2.30. The molecule has 2 heterocycles. The van der Waals surface area contributed by atoms with Crippen molar-refractivity contribution in [3.05, 3.63) is 47.5 Å². The normalized spacial score (nSPS) is 13.0. The number of aliphatic hydroxyl groups is 1. The van der Waals surface area contributed by atoms with Crippen LogP contribution in [0.2, 0.25) is 0 Å². The van der Waals surface area contributed by atoms with Gasteiger partial charge in [-0.05, 0) is 25.1 Å². The molecular formula is C14H14FN3O2. The van der Waals surface area contributed by atoms with Gasteiger partial charge in [0.25, 0.3) is 0 Å². The van der Waals surface area contributed by atoms with Gasteiger partial charge < -0.3 is 9.52 Å². The predicted molar refractivity (Wildman–Crippen MR) is 70.6 cm³/mol. The van der Waals surface area contributed by atoms with Crippen LogP contribution in [-0.4, -0.2) is 19.9 Å². The zero-order valence-corrected chi connectivity index (χ0v) is 11.2. The van der Waals surface area contributed by atoms with Gasteiger partial charge in [0.2, 0.25) is 0 Å². The van der Waals surface area contributed by atoms with E-state index in [0.29, 0.717) is 29.0 Å². The van der Waals surface area contributed by atoms with Crippen molar-refractivity contribution in [1.29, 1.82) is 0 Å². The van der Waals surface area contributed by atoms with Crippen LogP contribution in [0.1, 0.15) is 23.3 Å². The smallest absolute Gasteiger partial charge is 0.138 e. The topological polar surface area (TPSA) is 64.1 Å². The summed E-state index contributed by atoms with van der Waals surface area (Å²) in [6, 6.07) is 4.31. The highest BCUT2D eigenvalue weighted by Crippen LogP contribution is 2.31. The van der Waals surface area contributed by atoms with E-state index in [1.807, 2.05) is 0 Å². The Morgan fingerprint density at radius 3 is 2.95 bits per heavy atom. The lowest BCUT2D eigenvalue weighted by Gasteiger charge is -2.08. The van der Waals surface area contributed by atoms with Crippen molar-refractivity contribution in [3.8, 4) is 0 Å². The first kappa shape index (κ1) is 12.8. The lowest BCUT2D eigenvalue weighted by molar-refractivity contribution is 0.148. The molecule has 1 N–H and O–H groups in total. The van der Waals surface area contributed by atoms with Crippen molar-refractivity contribution in [1.82, 2.24) is 14.8 Å². The number of hydrogen-bond donors (Lipinski definition) is 1. The molecule has 0 saturated heterocycles. The Labute approximate surface area is 114 Å². The number of halogens is 1. The summed E-state index contributed by atoms with van der Waals surface area (Å²) in [5.74, 6) is 0.771. The van der Waals surface area contributed by atoms with Gasteiger partial charge in [-0.1, -0.05) is 0 Å². The maximum atomic E-state index is 13.3. The van der Waals surface area contributed by atoms with Crippen LogP contribution in [0, 0.1) is 12.7 Å². The van der Waals surface area contributed by atoms with E-state index < -0.39 is 6.10 Å². The molecule has 0 aliphatic rings. The minimum absolute atomic E-state index is 0.291. The fourth-order valence-corrected chi connectivity index (χ4v) is 2.30. The minimum Gasteiger partial charge on any atom is -0.458 e. The second-order valence-corrected chi connectivity index (χ2v) is 4.75. The number of aliphatic hydroxyl groups excluding tert-OH is 1. The predicted octanol–water partition coefficient (Wildman–Crippen LogP) is 2.28. The lowest BCUT2D eigenvalue weighted by atomic mass is 10.1. The Hall–Kier alpha value is -2.21. The number of rotatable bonds is 3. The second kappa shape index (κ2) is 4.72. The van der Waals surface area contributed by atoms with Crippen molar-refractivity contribution in [3.63, 3.8) is 0 Å². The third kappa shape index (κ3) is 2.08. The summed E-state index contributed by atoms with van der Waals surface area (Å²) in [4.78, 5) is 4.07. The largest absolute Gasteiger partial charge is 0.458 e. The number of furan rings is 1. The van der Waals surface area contributed by atoms with Gasteiger partial charge >= 0.3 is 0 Å². The van der Waals surface area contributed by atoms with Gasteiger partial charge in [-0.2, -0.15) is 5.10 Å². The standard InChI is InChI=1S/C14H14FN3O2/c1-8-10-5-9(15)3-4-12(10)20-14(8)11(19)6-13-16-7-17-18(13)2/h3-5,7,11,19H,6H2,1-2H3. The summed E-state index contributed by atoms with van der Waals surface area (Å²) in [5.41, 5.74) is 1.31. The molecule has 20 heavy (non-hydrogen) atoms. The van der Waals surface area contributed by atoms with E-state index >= 15 is 0 Å². The Morgan fingerprint density at radius 2 is 2.25 bits per heavy atom. The first-order valence-electron chi connectivity index (χ1n) is 6.25. The fraction of sp³-hybridized carbons (Fsp3) is 0.286. The molecule has 0 saturated carbocycles. The van der Waals surface area contributed by atoms with Crippen molar-refractivity contribution < 1.29 is 13.9 Å². The minimum atomic E-state index is -0.839. The monoisotopic (exact) mass is 275 g/mol. The van der Waals surface area contributed by atoms with Gasteiger partial charge in [0.1, 0.15) is 35.4 Å². The molecule has 0 aliphatic carbocycles. The van der Waals surface area contributed by atoms with E-state index in [0.717, 1.165) is 5.56 Å². The summed E-state index contributed by atoms with van der Waals surface area (Å²) in [5, 5.41) is 14.9. The molecule has 0 spiro atoms. The van der Waals surface area contributed by atoms with E-state index in [2.05, 4.69) is 10.1 Å². The number of hydrogen-bond acceptors (Lipinski definition) is 4. The van der Waals surface area contributed by atoms with Crippen molar-refractivity contribution >= 4 is 11.0 Å². The van der Waals surface area contributed by atoms with E-state index in [-0.39, 0.29) is 5.82 Å². The second-order valence-electron chi connectivity index (χ2n) is 4.75. The van der Waals surface area contributed by atoms with Gasteiger partial charge in [-0.3, -0.25) is 4.68 Å². The van der Waals surface area contributed by atoms with E-state index in [1.165, 1.54) is 18.5 Å². The summed E-state index contributed by atoms with van der Waals surface area (Å²) in [7, 11) is 1.76. The van der Waals surface area contributed by atoms with E-state index in [4.69, 9.17) is 4.42 Å². The Morgan fingerprint density at radius 1 is 1.45 bits per heavy atom. The van der Waals surface area contributed by atoms with Crippen LogP contribution in [0.15, 0.2) is 28.9 Å². The quantitative estimate of drug-likeness (QED) is 0.796. The van der Waals surface area contributed by atoms with Crippen molar-refractivity contribution in [2.24, 2.45) is 7.05 Å². The maximum absolute atomic E-state index is 13.3. The molecular weight excluding hydrogens is 261 g/mol. The van der Waals surface area contributed by atoms with Gasteiger partial charge in [0.05, 0.1) is 0 Å². The zero-order chi connectivity index (χ0) is 14.3. The van der Waals surface area contributed by atoms with Crippen molar-refractivity contribution in [2.45, 2.75) is 19.4 Å². The van der Waals surface area contributed by atoms with Crippen LogP contribution in [0.5, 0.6) is 0 Å². The first-order valence-corrected chi connectivity index (χ1v) is 6.25. The summed E-state index contributed by atoms with van der Waals surface area (Å²) < 4.78 is 20.5. The molecule has 1 atom stereocenters. The lowest BCUT2D eigenvalue weighted by Crippen LogP contribution is -2.07. The Bertz CT molecular complexity index is 763. The van der Waals surface area contributed by atoms with Crippen LogP contribution in [0.3, 0.4) is 0 Å². The highest BCUT2D eigenvalue weighted by Gasteiger charge is 2.20. The average Bonchev–Trinajstić information content (AvgIpc) is 2.95. The van der Waals surface area contributed by atoms with Gasteiger partial charge in [-0.25, -0.2) is 9.37 Å². The number of nitrogens with zero attached hydrogens (tertiary/aromatic N) is 3. The van der Waals surface area contributed by atoms with Crippen molar-refractivity contribution in [2.75, 3.05) is 0 Å². The van der Waals surface area contributed by atoms with Gasteiger partial charge in [-0.15, -0.1) is 0 Å². The number of aromatic nitrogens is 3. The molecule has 3 rings (SSSR count). The summed E-state index contributed by atoms with van der Waals surface area (Å²) in [6.07, 6.45) is 0.885. The zero-order valence-electron chi connectivity index (χ0n) is 11.2. The molecule has 0 fully saturated rings. The van der Waals surface area contributed by atoms with Crippen LogP contribution < -0.4 is 0 Å². The highest BCUT2D eigenvalue weighted by atomic mass is 19.1. The van der Waals surface area contributed by atoms with Crippen LogP contribution in [0.4, 0.5) is 4.39 Å². The molecule has 3 aromatic rings. The van der Waals surface area contributed by atoms with Crippen LogP contribution in [-0.2, 0) is 13.5 Å². The molecule has 104 valence electrons. The molecule has 5 nitrogen and oxygen atoms in total. The third-order valence-electron chi connectivity index (χ3n) is 3.42. The molecule has 2 aromatic heterocycles. The Kier molecular flexibility index (Phi) is 3.02. The molecule has 6 heteroatoms. The molecule has 0 bridgehead atoms. The van der Waals surface area contributed by atoms with Crippen LogP contribution in [0.25, 0.3) is 11.0 Å². The van der Waals surface area contributed by atoms with Crippen LogP contribution >= 0.6 is 0 Å². The highest BCUT2D eigenvalue weighted by molar-refractivity contribution is 5.82. The summed E-state index contributed by atoms with van der Waals surface area (Å²) >= 11 is 0. The van der Waals surface area contributed by atoms with Gasteiger partial charge in [0, 0.05) is 24.4 Å².